The second-order valence-electron chi connectivity index (χ2n) is 7.56. The molecular formula is C23H28N2O4. The van der Waals surface area contributed by atoms with Gasteiger partial charge < -0.3 is 19.7 Å². The Morgan fingerprint density at radius 2 is 1.72 bits per heavy atom. The number of hydrogen-bond acceptors (Lipinski definition) is 4. The first-order valence-electron chi connectivity index (χ1n) is 9.71. The SMILES string of the molecule is COc1ccc(CNC(=O)C2CC(=O)N(c3c(C)cc(C)cc3C)C2)cc1OC. The third kappa shape index (κ3) is 4.36. The van der Waals surface area contributed by atoms with Gasteiger partial charge in [-0.15, -0.1) is 0 Å². The maximum atomic E-state index is 12.7. The minimum atomic E-state index is -0.359. The number of nitrogens with one attached hydrogen (secondary N) is 1. The van der Waals surface area contributed by atoms with Gasteiger partial charge in [-0.1, -0.05) is 23.8 Å². The highest BCUT2D eigenvalue weighted by molar-refractivity contribution is 6.01. The molecule has 1 fully saturated rings. The fourth-order valence-electron chi connectivity index (χ4n) is 4.02. The first-order chi connectivity index (χ1) is 13.8. The lowest BCUT2D eigenvalue weighted by Crippen LogP contribution is -2.33. The zero-order chi connectivity index (χ0) is 21.1. The predicted molar refractivity (Wildman–Crippen MR) is 113 cm³/mol. The van der Waals surface area contributed by atoms with Crippen molar-refractivity contribution in [2.45, 2.75) is 33.7 Å². The van der Waals surface area contributed by atoms with E-state index in [9.17, 15) is 9.59 Å². The van der Waals surface area contributed by atoms with Crippen LogP contribution in [0.4, 0.5) is 5.69 Å². The highest BCUT2D eigenvalue weighted by Crippen LogP contribution is 2.32. The summed E-state index contributed by atoms with van der Waals surface area (Å²) in [5.41, 5.74) is 5.11. The standard InChI is InChI=1S/C23H28N2O4/c1-14-8-15(2)22(16(3)9-14)25-13-18(11-21(25)26)23(27)24-12-17-6-7-19(28-4)20(10-17)29-5/h6-10,18H,11-13H2,1-5H3,(H,24,27). The summed E-state index contributed by atoms with van der Waals surface area (Å²) in [4.78, 5) is 27.1. The van der Waals surface area contributed by atoms with Crippen LogP contribution in [0.5, 0.6) is 11.5 Å². The summed E-state index contributed by atoms with van der Waals surface area (Å²) in [6.07, 6.45) is 0.227. The molecule has 2 amide bonds. The minimum Gasteiger partial charge on any atom is -0.493 e. The predicted octanol–water partition coefficient (Wildman–Crippen LogP) is 3.30. The molecule has 29 heavy (non-hydrogen) atoms. The van der Waals surface area contributed by atoms with E-state index in [1.165, 1.54) is 5.56 Å². The van der Waals surface area contributed by atoms with Gasteiger partial charge in [0.05, 0.1) is 20.1 Å². The Labute approximate surface area is 171 Å². The molecule has 1 aliphatic rings. The fraction of sp³-hybridized carbons (Fsp3) is 0.391. The number of rotatable bonds is 6. The van der Waals surface area contributed by atoms with Crippen LogP contribution >= 0.6 is 0 Å². The van der Waals surface area contributed by atoms with E-state index in [4.69, 9.17) is 9.47 Å². The van der Waals surface area contributed by atoms with Crippen molar-refractivity contribution in [3.8, 4) is 11.5 Å². The maximum absolute atomic E-state index is 12.7. The van der Waals surface area contributed by atoms with Crippen LogP contribution in [0.15, 0.2) is 30.3 Å². The van der Waals surface area contributed by atoms with Crippen molar-refractivity contribution in [2.24, 2.45) is 5.92 Å². The van der Waals surface area contributed by atoms with Crippen molar-refractivity contribution < 1.29 is 19.1 Å². The summed E-state index contributed by atoms with van der Waals surface area (Å²) in [6, 6.07) is 9.67. The van der Waals surface area contributed by atoms with Gasteiger partial charge in [0.1, 0.15) is 0 Å². The van der Waals surface area contributed by atoms with Crippen molar-refractivity contribution >= 4 is 17.5 Å². The van der Waals surface area contributed by atoms with Gasteiger partial charge >= 0.3 is 0 Å². The molecule has 1 heterocycles. The van der Waals surface area contributed by atoms with Crippen LogP contribution in [-0.4, -0.2) is 32.6 Å². The molecule has 0 bridgehead atoms. The number of nitrogens with zero attached hydrogens (tertiary/aromatic N) is 1. The molecule has 1 unspecified atom stereocenters. The summed E-state index contributed by atoms with van der Waals surface area (Å²) in [5.74, 6) is 0.780. The van der Waals surface area contributed by atoms with Gasteiger partial charge in [-0.3, -0.25) is 9.59 Å². The van der Waals surface area contributed by atoms with Gasteiger partial charge in [0.2, 0.25) is 11.8 Å². The number of hydrogen-bond donors (Lipinski definition) is 1. The molecule has 0 radical (unpaired) electrons. The zero-order valence-corrected chi connectivity index (χ0v) is 17.7. The van der Waals surface area contributed by atoms with Crippen LogP contribution in [0.3, 0.4) is 0 Å². The van der Waals surface area contributed by atoms with Crippen molar-refractivity contribution in [3.63, 3.8) is 0 Å². The average molecular weight is 396 g/mol. The second-order valence-corrected chi connectivity index (χ2v) is 7.56. The molecule has 1 atom stereocenters. The van der Waals surface area contributed by atoms with Crippen molar-refractivity contribution in [1.82, 2.24) is 5.32 Å². The largest absolute Gasteiger partial charge is 0.493 e. The number of amides is 2. The van der Waals surface area contributed by atoms with E-state index in [0.29, 0.717) is 24.6 Å². The topological polar surface area (TPSA) is 67.9 Å². The smallest absolute Gasteiger partial charge is 0.227 e. The summed E-state index contributed by atoms with van der Waals surface area (Å²) in [5, 5.41) is 2.95. The molecule has 0 spiro atoms. The number of ether oxygens (including phenoxy) is 2. The third-order valence-corrected chi connectivity index (χ3v) is 5.32. The molecule has 0 aliphatic carbocycles. The quantitative estimate of drug-likeness (QED) is 0.814. The second kappa shape index (κ2) is 8.55. The fourth-order valence-corrected chi connectivity index (χ4v) is 4.02. The van der Waals surface area contributed by atoms with Crippen LogP contribution in [0, 0.1) is 26.7 Å². The zero-order valence-electron chi connectivity index (χ0n) is 17.7. The summed E-state index contributed by atoms with van der Waals surface area (Å²) in [6.45, 7) is 6.83. The molecule has 0 saturated carbocycles. The monoisotopic (exact) mass is 396 g/mol. The highest BCUT2D eigenvalue weighted by atomic mass is 16.5. The first kappa shape index (κ1) is 20.7. The molecule has 6 heteroatoms. The van der Waals surface area contributed by atoms with E-state index in [-0.39, 0.29) is 24.2 Å². The average Bonchev–Trinajstić information content (AvgIpc) is 3.06. The summed E-state index contributed by atoms with van der Waals surface area (Å²) >= 11 is 0. The van der Waals surface area contributed by atoms with Gasteiger partial charge in [0.15, 0.2) is 11.5 Å². The molecule has 2 aromatic rings. The number of benzene rings is 2. The van der Waals surface area contributed by atoms with Gasteiger partial charge in [-0.05, 0) is 49.6 Å². The Bertz CT molecular complexity index is 915. The van der Waals surface area contributed by atoms with Gasteiger partial charge in [-0.25, -0.2) is 0 Å². The molecule has 1 saturated heterocycles. The van der Waals surface area contributed by atoms with E-state index < -0.39 is 0 Å². The number of carbonyl (C=O) groups excluding carboxylic acids is 2. The van der Waals surface area contributed by atoms with Gasteiger partial charge in [0.25, 0.3) is 0 Å². The van der Waals surface area contributed by atoms with Crippen molar-refractivity contribution in [2.75, 3.05) is 25.7 Å². The lowest BCUT2D eigenvalue weighted by molar-refractivity contribution is -0.126. The van der Waals surface area contributed by atoms with Crippen molar-refractivity contribution in [1.29, 1.82) is 0 Å². The van der Waals surface area contributed by atoms with Crippen molar-refractivity contribution in [3.05, 3.63) is 52.6 Å². The van der Waals surface area contributed by atoms with E-state index in [1.807, 2.05) is 39.0 Å². The molecule has 0 aromatic heterocycles. The molecule has 6 nitrogen and oxygen atoms in total. The molecule has 3 rings (SSSR count). The van der Waals surface area contributed by atoms with Crippen LogP contribution < -0.4 is 19.7 Å². The van der Waals surface area contributed by atoms with E-state index in [0.717, 1.165) is 22.4 Å². The molecular weight excluding hydrogens is 368 g/mol. The van der Waals surface area contributed by atoms with Crippen LogP contribution in [0.1, 0.15) is 28.7 Å². The molecule has 2 aromatic carbocycles. The summed E-state index contributed by atoms with van der Waals surface area (Å²) < 4.78 is 10.5. The highest BCUT2D eigenvalue weighted by Gasteiger charge is 2.36. The van der Waals surface area contributed by atoms with E-state index in [2.05, 4.69) is 17.4 Å². The number of anilines is 1. The Kier molecular flexibility index (Phi) is 6.11. The Hall–Kier alpha value is -3.02. The Balaban J connectivity index is 1.67. The number of aryl methyl sites for hydroxylation is 3. The molecule has 1 N–H and O–H groups in total. The van der Waals surface area contributed by atoms with E-state index in [1.54, 1.807) is 19.1 Å². The lowest BCUT2D eigenvalue weighted by Gasteiger charge is -2.22. The number of carbonyl (C=O) groups is 2. The minimum absolute atomic E-state index is 0.00804. The lowest BCUT2D eigenvalue weighted by atomic mass is 10.0. The first-order valence-corrected chi connectivity index (χ1v) is 9.71. The Morgan fingerprint density at radius 1 is 1.07 bits per heavy atom. The normalized spacial score (nSPS) is 16.1. The number of methoxy groups -OCH3 is 2. The van der Waals surface area contributed by atoms with Gasteiger partial charge in [-0.2, -0.15) is 0 Å². The van der Waals surface area contributed by atoms with Crippen LogP contribution in [-0.2, 0) is 16.1 Å². The van der Waals surface area contributed by atoms with Crippen LogP contribution in [0.2, 0.25) is 0 Å². The van der Waals surface area contributed by atoms with E-state index >= 15 is 0 Å². The van der Waals surface area contributed by atoms with Crippen LogP contribution in [0.25, 0.3) is 0 Å². The van der Waals surface area contributed by atoms with Gasteiger partial charge in [0, 0.05) is 25.2 Å². The summed E-state index contributed by atoms with van der Waals surface area (Å²) in [7, 11) is 3.16. The third-order valence-electron chi connectivity index (χ3n) is 5.32. The molecule has 1 aliphatic heterocycles. The Morgan fingerprint density at radius 3 is 2.34 bits per heavy atom. The molecule has 154 valence electrons. The maximum Gasteiger partial charge on any atom is 0.227 e.